The zero-order valence-corrected chi connectivity index (χ0v) is 13.4. The molecule has 0 atom stereocenters. The van der Waals surface area contributed by atoms with E-state index < -0.39 is 4.92 Å². The van der Waals surface area contributed by atoms with Gasteiger partial charge >= 0.3 is 135 Å². The molecule has 2 heterocycles. The minimum absolute atomic E-state index is 0.0754. The molecule has 0 N–H and O–H groups in total. The monoisotopic (exact) mass is 371 g/mol. The molecule has 0 aliphatic rings. The number of nitro benzene ring substituents is 1. The minimum atomic E-state index is -0.450. The average molecular weight is 370 g/mol. The van der Waals surface area contributed by atoms with Gasteiger partial charge in [-0.25, -0.2) is 0 Å². The summed E-state index contributed by atoms with van der Waals surface area (Å²) in [5.74, 6) is 0. The molecule has 112 valence electrons. The fourth-order valence-corrected chi connectivity index (χ4v) is 4.82. The first-order valence-electron chi connectivity index (χ1n) is 6.80. The molecule has 0 unspecified atom stereocenters. The molecule has 6 nitrogen and oxygen atoms in total. The Morgan fingerprint density at radius 3 is 2.61 bits per heavy atom. The van der Waals surface area contributed by atoms with Crippen LogP contribution >= 0.6 is 0 Å². The Morgan fingerprint density at radius 1 is 1.04 bits per heavy atom. The predicted molar refractivity (Wildman–Crippen MR) is 88.4 cm³/mol. The molecule has 0 saturated carbocycles. The zero-order valence-electron chi connectivity index (χ0n) is 11.7. The maximum absolute atomic E-state index is 12.7. The van der Waals surface area contributed by atoms with Gasteiger partial charge in [0.1, 0.15) is 0 Å². The van der Waals surface area contributed by atoms with E-state index in [2.05, 4.69) is 4.98 Å². The molecule has 0 bridgehead atoms. The van der Waals surface area contributed by atoms with Crippen LogP contribution in [0.3, 0.4) is 0 Å². The summed E-state index contributed by atoms with van der Waals surface area (Å²) >= 11 is -0.331. The molecule has 4 rings (SSSR count). The number of hydrogen-bond donors (Lipinski definition) is 0. The number of benzene rings is 2. The molecule has 0 amide bonds. The Labute approximate surface area is 135 Å². The molecule has 4 aromatic rings. The third-order valence-corrected chi connectivity index (χ3v) is 5.90. The number of fused-ring (bicyclic) bond motifs is 2. The van der Waals surface area contributed by atoms with E-state index in [4.69, 9.17) is 0 Å². The molecule has 0 aliphatic carbocycles. The molecule has 7 heteroatoms. The van der Waals surface area contributed by atoms with Crippen molar-refractivity contribution in [3.63, 3.8) is 0 Å². The van der Waals surface area contributed by atoms with Crippen molar-refractivity contribution in [2.24, 2.45) is 0 Å². The summed E-state index contributed by atoms with van der Waals surface area (Å²) in [6.45, 7) is 0. The summed E-state index contributed by atoms with van der Waals surface area (Å²) in [4.78, 5) is 28.0. The molecule has 2 aromatic heterocycles. The fourth-order valence-electron chi connectivity index (χ4n) is 2.61. The summed E-state index contributed by atoms with van der Waals surface area (Å²) in [7, 11) is 0. The van der Waals surface area contributed by atoms with E-state index >= 15 is 0 Å². The number of nitrogens with zero attached hydrogens (tertiary/aromatic N) is 3. The SMILES string of the molecule is O=c1c2ccccc2[se]n1-c1c([N+](=O)[O-])ccc2ncccc12. The van der Waals surface area contributed by atoms with Gasteiger partial charge in [0.05, 0.1) is 0 Å². The van der Waals surface area contributed by atoms with E-state index in [1.165, 1.54) is 9.63 Å². The van der Waals surface area contributed by atoms with Crippen LogP contribution in [0.1, 0.15) is 0 Å². The van der Waals surface area contributed by atoms with Crippen LogP contribution in [0.2, 0.25) is 0 Å². The van der Waals surface area contributed by atoms with Crippen LogP contribution in [0.25, 0.3) is 26.2 Å². The molecule has 0 radical (unpaired) electrons. The first-order valence-corrected chi connectivity index (χ1v) is 8.42. The Morgan fingerprint density at radius 2 is 1.83 bits per heavy atom. The van der Waals surface area contributed by atoms with Crippen molar-refractivity contribution in [3.05, 3.63) is 75.2 Å². The van der Waals surface area contributed by atoms with Crippen molar-refractivity contribution in [1.29, 1.82) is 0 Å². The molecular weight excluding hydrogens is 361 g/mol. The van der Waals surface area contributed by atoms with Crippen molar-refractivity contribution in [2.45, 2.75) is 0 Å². The van der Waals surface area contributed by atoms with Gasteiger partial charge in [-0.15, -0.1) is 0 Å². The van der Waals surface area contributed by atoms with Crippen LogP contribution in [0.4, 0.5) is 5.69 Å². The van der Waals surface area contributed by atoms with Gasteiger partial charge in [0.2, 0.25) is 0 Å². The third-order valence-electron chi connectivity index (χ3n) is 3.63. The van der Waals surface area contributed by atoms with Gasteiger partial charge in [-0.2, -0.15) is 0 Å². The summed E-state index contributed by atoms with van der Waals surface area (Å²) in [6, 6.07) is 13.8. The summed E-state index contributed by atoms with van der Waals surface area (Å²) in [6.07, 6.45) is 1.63. The van der Waals surface area contributed by atoms with Crippen LogP contribution in [0, 0.1) is 10.1 Å². The first kappa shape index (κ1) is 13.9. The summed E-state index contributed by atoms with van der Waals surface area (Å²) in [5.41, 5.74) is 0.697. The summed E-state index contributed by atoms with van der Waals surface area (Å²) < 4.78 is 2.46. The van der Waals surface area contributed by atoms with Crippen LogP contribution in [-0.4, -0.2) is 28.2 Å². The van der Waals surface area contributed by atoms with E-state index in [0.717, 1.165) is 4.26 Å². The van der Waals surface area contributed by atoms with E-state index in [1.807, 2.05) is 12.1 Å². The van der Waals surface area contributed by atoms with Crippen LogP contribution in [-0.2, 0) is 0 Å². The van der Waals surface area contributed by atoms with Gasteiger partial charge in [-0.1, -0.05) is 0 Å². The zero-order chi connectivity index (χ0) is 16.0. The van der Waals surface area contributed by atoms with Crippen molar-refractivity contribution >= 4 is 41.0 Å². The Bertz CT molecular complexity index is 1130. The second-order valence-corrected chi connectivity index (χ2v) is 7.02. The molecule has 0 saturated heterocycles. The number of hydrogen-bond acceptors (Lipinski definition) is 4. The quantitative estimate of drug-likeness (QED) is 0.309. The topological polar surface area (TPSA) is 78.0 Å². The van der Waals surface area contributed by atoms with Crippen molar-refractivity contribution < 1.29 is 4.92 Å². The number of nitro groups is 1. The van der Waals surface area contributed by atoms with Gasteiger partial charge in [0.15, 0.2) is 0 Å². The maximum atomic E-state index is 12.7. The van der Waals surface area contributed by atoms with E-state index in [1.54, 1.807) is 36.5 Å². The number of rotatable bonds is 2. The van der Waals surface area contributed by atoms with Gasteiger partial charge < -0.3 is 0 Å². The second kappa shape index (κ2) is 5.15. The molecule has 0 aliphatic heterocycles. The van der Waals surface area contributed by atoms with Crippen LogP contribution in [0.15, 0.2) is 59.5 Å². The Kier molecular flexibility index (Phi) is 3.11. The normalized spacial score (nSPS) is 11.1. The molecule has 23 heavy (non-hydrogen) atoms. The van der Waals surface area contributed by atoms with Crippen molar-refractivity contribution in [1.82, 2.24) is 8.55 Å². The van der Waals surface area contributed by atoms with Crippen molar-refractivity contribution in [3.8, 4) is 5.69 Å². The van der Waals surface area contributed by atoms with E-state index in [9.17, 15) is 14.9 Å². The predicted octanol–water partition coefficient (Wildman–Crippen LogP) is 2.50. The number of pyridine rings is 1. The first-order chi connectivity index (χ1) is 11.2. The standard InChI is InChI=1S/C16H9N3O3Se/c20-16-11-4-1-2-6-14(11)23-18(16)15-10-5-3-9-17-12(10)7-8-13(15)19(21)22/h1-9H. The Hall–Kier alpha value is -2.76. The average Bonchev–Trinajstić information content (AvgIpc) is 2.90. The van der Waals surface area contributed by atoms with Gasteiger partial charge in [0.25, 0.3) is 0 Å². The molecule has 0 spiro atoms. The number of aromatic nitrogens is 2. The van der Waals surface area contributed by atoms with Gasteiger partial charge in [0, 0.05) is 0 Å². The van der Waals surface area contributed by atoms with E-state index in [0.29, 0.717) is 22.0 Å². The third kappa shape index (κ3) is 2.10. The second-order valence-electron chi connectivity index (χ2n) is 4.95. The van der Waals surface area contributed by atoms with Gasteiger partial charge in [-0.05, 0) is 0 Å². The van der Waals surface area contributed by atoms with E-state index in [-0.39, 0.29) is 26.0 Å². The Balaban J connectivity index is 2.18. The van der Waals surface area contributed by atoms with Crippen LogP contribution in [0.5, 0.6) is 0 Å². The fraction of sp³-hybridized carbons (Fsp3) is 0. The summed E-state index contributed by atoms with van der Waals surface area (Å²) in [5, 5.41) is 12.7. The molecule has 0 fully saturated rings. The van der Waals surface area contributed by atoms with Crippen LogP contribution < -0.4 is 5.56 Å². The van der Waals surface area contributed by atoms with Crippen molar-refractivity contribution in [2.75, 3.05) is 0 Å². The molecule has 2 aromatic carbocycles. The van der Waals surface area contributed by atoms with Gasteiger partial charge in [-0.3, -0.25) is 0 Å². The molecular formula is C16H9N3O3Se.